The Morgan fingerprint density at radius 3 is 2.15 bits per heavy atom. The van der Waals surface area contributed by atoms with Crippen molar-refractivity contribution in [2.24, 2.45) is 40.6 Å². The van der Waals surface area contributed by atoms with Gasteiger partial charge in [-0.2, -0.15) is 10.1 Å². The largest absolute Gasteiger partial charge is 0.487 e. The summed E-state index contributed by atoms with van der Waals surface area (Å²) in [5.41, 5.74) is 1.92. The maximum atomic E-state index is 13.1. The van der Waals surface area contributed by atoms with E-state index in [2.05, 4.69) is 78.4 Å². The van der Waals surface area contributed by atoms with Crippen molar-refractivity contribution >= 4 is 79.1 Å². The van der Waals surface area contributed by atoms with Gasteiger partial charge in [0.2, 0.25) is 0 Å². The molecule has 3 fully saturated rings. The van der Waals surface area contributed by atoms with Crippen molar-refractivity contribution in [3.8, 4) is 5.75 Å². The minimum absolute atomic E-state index is 0.134. The molecule has 5 nitrogen and oxygen atoms in total. The fourth-order valence-corrected chi connectivity index (χ4v) is 8.10. The molecule has 2 aromatic rings. The smallest absolute Gasteiger partial charge is 0.254 e. The molecule has 0 spiro atoms. The first kappa shape index (κ1) is 22.2. The maximum Gasteiger partial charge on any atom is 0.254 e. The summed E-state index contributed by atoms with van der Waals surface area (Å²) in [6.07, 6.45) is 7.13. The van der Waals surface area contributed by atoms with Crippen LogP contribution in [-0.4, -0.2) is 23.0 Å². The van der Waals surface area contributed by atoms with Crippen LogP contribution in [-0.2, 0) is 16.2 Å². The molecule has 1 heterocycles. The predicted octanol–water partition coefficient (Wildman–Crippen LogP) is 5.62. The highest BCUT2D eigenvalue weighted by atomic mass is 127. The van der Waals surface area contributed by atoms with Crippen LogP contribution >= 0.6 is 61.1 Å². The third kappa shape index (κ3) is 3.80. The summed E-state index contributed by atoms with van der Waals surface area (Å²) < 4.78 is 9.01. The second-order valence-corrected chi connectivity index (χ2v) is 12.4. The molecule has 7 rings (SSSR count). The summed E-state index contributed by atoms with van der Waals surface area (Å²) in [5.74, 6) is 1.72. The highest BCUT2D eigenvalue weighted by Gasteiger charge is 2.67. The van der Waals surface area contributed by atoms with Crippen molar-refractivity contribution in [1.82, 2.24) is 5.01 Å². The predicted molar refractivity (Wildman–Crippen MR) is 144 cm³/mol. The molecule has 1 aliphatic heterocycles. The minimum Gasteiger partial charge on any atom is -0.487 e. The van der Waals surface area contributed by atoms with Crippen molar-refractivity contribution < 1.29 is 14.3 Å². The zero-order valence-corrected chi connectivity index (χ0v) is 23.2. The molecule has 8 heteroatoms. The van der Waals surface area contributed by atoms with Gasteiger partial charge < -0.3 is 4.74 Å². The van der Waals surface area contributed by atoms with Gasteiger partial charge in [0, 0.05) is 4.47 Å². The van der Waals surface area contributed by atoms with Gasteiger partial charge in [0.05, 0.1) is 25.2 Å². The lowest BCUT2D eigenvalue weighted by atomic mass is 9.63. The van der Waals surface area contributed by atoms with E-state index in [0.717, 1.165) is 39.9 Å². The van der Waals surface area contributed by atoms with E-state index >= 15 is 0 Å². The first-order valence-electron chi connectivity index (χ1n) is 10.9. The summed E-state index contributed by atoms with van der Waals surface area (Å²) in [6, 6.07) is 12.0. The second-order valence-electron chi connectivity index (χ2n) is 9.12. The van der Waals surface area contributed by atoms with Crippen LogP contribution in [0.1, 0.15) is 17.5 Å². The zero-order chi connectivity index (χ0) is 22.9. The number of imide groups is 1. The van der Waals surface area contributed by atoms with Gasteiger partial charge >= 0.3 is 0 Å². The molecule has 0 aromatic heterocycles. The van der Waals surface area contributed by atoms with Gasteiger partial charge in [0.15, 0.2) is 0 Å². The van der Waals surface area contributed by atoms with Crippen molar-refractivity contribution in [2.45, 2.75) is 13.0 Å². The SMILES string of the molecule is O=C1C2C3C=CC(C4CC34)C2C(=O)N1/N=C/c1cc(I)c(OCc2ccc(Br)cc2)c(I)c1. The number of amides is 2. The van der Waals surface area contributed by atoms with Crippen molar-refractivity contribution in [1.29, 1.82) is 0 Å². The zero-order valence-electron chi connectivity index (χ0n) is 17.3. The van der Waals surface area contributed by atoms with E-state index in [9.17, 15) is 9.59 Å². The summed E-state index contributed by atoms with van der Waals surface area (Å²) in [4.78, 5) is 26.2. The molecule has 168 valence electrons. The van der Waals surface area contributed by atoms with Crippen molar-refractivity contribution in [2.75, 3.05) is 0 Å². The van der Waals surface area contributed by atoms with Crippen LogP contribution in [0.3, 0.4) is 0 Å². The molecule has 2 saturated carbocycles. The molecule has 0 N–H and O–H groups in total. The number of carbonyl (C=O) groups excluding carboxylic acids is 2. The number of carbonyl (C=O) groups is 2. The fourth-order valence-electron chi connectivity index (χ4n) is 5.71. The number of ether oxygens (including phenoxy) is 1. The number of rotatable bonds is 5. The van der Waals surface area contributed by atoms with E-state index in [4.69, 9.17) is 4.74 Å². The topological polar surface area (TPSA) is 59.0 Å². The first-order valence-corrected chi connectivity index (χ1v) is 13.8. The number of hydrogen-bond acceptors (Lipinski definition) is 4. The highest BCUT2D eigenvalue weighted by Crippen LogP contribution is 2.65. The third-order valence-corrected chi connectivity index (χ3v) is 9.41. The fraction of sp³-hybridized carbons (Fsp3) is 0.320. The lowest BCUT2D eigenvalue weighted by Crippen LogP contribution is -2.40. The third-order valence-electron chi connectivity index (χ3n) is 7.28. The molecule has 0 radical (unpaired) electrons. The standard InChI is InChI=1S/C25H19BrI2N2O3/c26-14-3-1-12(2-4-14)11-33-23-19(27)7-13(8-20(23)28)10-29-30-24(31)21-15-5-6-16(18-9-17(15)18)22(21)25(30)32/h1-8,10,15-18,21-22H,9,11H2/b29-10+. The number of allylic oxidation sites excluding steroid dienone is 2. The van der Waals surface area contributed by atoms with E-state index in [0.29, 0.717) is 18.4 Å². The summed E-state index contributed by atoms with van der Waals surface area (Å²) in [5, 5.41) is 5.49. The number of halogens is 3. The van der Waals surface area contributed by atoms with E-state index < -0.39 is 0 Å². The van der Waals surface area contributed by atoms with Crippen LogP contribution < -0.4 is 4.74 Å². The molecular formula is C25H19BrI2N2O3. The quantitative estimate of drug-likeness (QED) is 0.174. The number of nitrogens with zero attached hydrogens (tertiary/aromatic N) is 2. The van der Waals surface area contributed by atoms with Gasteiger partial charge in [0.25, 0.3) is 11.8 Å². The van der Waals surface area contributed by atoms with Gasteiger partial charge in [-0.05, 0) is 111 Å². The molecule has 4 aliphatic carbocycles. The van der Waals surface area contributed by atoms with Gasteiger partial charge in [-0.3, -0.25) is 9.59 Å². The average Bonchev–Trinajstić information content (AvgIpc) is 3.57. The molecule has 2 amide bonds. The van der Waals surface area contributed by atoms with Crippen molar-refractivity contribution in [3.63, 3.8) is 0 Å². The Morgan fingerprint density at radius 2 is 1.58 bits per heavy atom. The van der Waals surface area contributed by atoms with Crippen LogP contribution in [0, 0.1) is 42.6 Å². The van der Waals surface area contributed by atoms with Gasteiger partial charge in [-0.1, -0.05) is 40.2 Å². The molecule has 6 atom stereocenters. The van der Waals surface area contributed by atoms with Crippen LogP contribution in [0.4, 0.5) is 0 Å². The Balaban J connectivity index is 1.18. The van der Waals surface area contributed by atoms with Crippen LogP contribution in [0.15, 0.2) is 58.1 Å². The number of hydrazone groups is 1. The molecule has 5 aliphatic rings. The number of hydrogen-bond donors (Lipinski definition) is 0. The van der Waals surface area contributed by atoms with Crippen LogP contribution in [0.2, 0.25) is 0 Å². The molecular weight excluding hydrogens is 710 g/mol. The van der Waals surface area contributed by atoms with E-state index in [-0.39, 0.29) is 35.5 Å². The number of benzene rings is 2. The molecule has 2 aromatic carbocycles. The normalized spacial score (nSPS) is 31.3. The average molecular weight is 729 g/mol. The van der Waals surface area contributed by atoms with Gasteiger partial charge in [-0.15, -0.1) is 0 Å². The Labute approximate surface area is 227 Å². The van der Waals surface area contributed by atoms with E-state index in [1.165, 1.54) is 0 Å². The maximum absolute atomic E-state index is 13.1. The van der Waals surface area contributed by atoms with Gasteiger partial charge in [0.1, 0.15) is 12.4 Å². The summed E-state index contributed by atoms with van der Waals surface area (Å²) in [6.45, 7) is 0.477. The highest BCUT2D eigenvalue weighted by molar-refractivity contribution is 14.1. The van der Waals surface area contributed by atoms with Gasteiger partial charge in [-0.25, -0.2) is 0 Å². The Morgan fingerprint density at radius 1 is 1.00 bits per heavy atom. The van der Waals surface area contributed by atoms with Crippen molar-refractivity contribution in [3.05, 3.63) is 71.3 Å². The van der Waals surface area contributed by atoms with Crippen LogP contribution in [0.5, 0.6) is 5.75 Å². The lowest BCUT2D eigenvalue weighted by Gasteiger charge is -2.37. The summed E-state index contributed by atoms with van der Waals surface area (Å²) in [7, 11) is 0. The Hall–Kier alpha value is -1.27. The molecule has 2 bridgehead atoms. The Bertz CT molecular complexity index is 1170. The lowest BCUT2D eigenvalue weighted by molar-refractivity contribution is -0.140. The molecule has 33 heavy (non-hydrogen) atoms. The molecule has 1 saturated heterocycles. The first-order chi connectivity index (χ1) is 15.9. The molecule has 6 unspecified atom stereocenters. The minimum atomic E-state index is -0.219. The Kier molecular flexibility index (Phi) is 5.68. The van der Waals surface area contributed by atoms with Crippen LogP contribution in [0.25, 0.3) is 0 Å². The van der Waals surface area contributed by atoms with E-state index in [1.54, 1.807) is 6.21 Å². The summed E-state index contributed by atoms with van der Waals surface area (Å²) >= 11 is 7.94. The van der Waals surface area contributed by atoms with E-state index in [1.807, 2.05) is 36.4 Å². The monoisotopic (exact) mass is 728 g/mol. The second kappa shape index (κ2) is 8.44.